The SMILES string of the molecule is CCCC(=O)O.CCCC(=O)O.CCCC(=O)O.OCCC(CO)CO. The molecule has 26 heavy (non-hydrogen) atoms. The maximum absolute atomic E-state index is 9.60. The zero-order valence-electron chi connectivity index (χ0n) is 16.1. The molecule has 0 amide bonds. The van der Waals surface area contributed by atoms with Crippen molar-refractivity contribution < 1.29 is 45.0 Å². The number of rotatable bonds is 10. The van der Waals surface area contributed by atoms with Gasteiger partial charge in [0.1, 0.15) is 0 Å². The van der Waals surface area contributed by atoms with Crippen molar-refractivity contribution in [2.75, 3.05) is 19.8 Å². The summed E-state index contributed by atoms with van der Waals surface area (Å²) in [5, 5.41) is 48.8. The van der Waals surface area contributed by atoms with Crippen molar-refractivity contribution in [1.29, 1.82) is 0 Å². The Bertz CT molecular complexity index is 277. The second-order valence-corrected chi connectivity index (χ2v) is 5.17. The van der Waals surface area contributed by atoms with Crippen LogP contribution in [0.5, 0.6) is 0 Å². The van der Waals surface area contributed by atoms with Crippen LogP contribution < -0.4 is 0 Å². The van der Waals surface area contributed by atoms with E-state index in [-0.39, 0.29) is 25.7 Å². The zero-order valence-corrected chi connectivity index (χ0v) is 16.1. The molecule has 0 bridgehead atoms. The van der Waals surface area contributed by atoms with E-state index in [1.165, 1.54) is 0 Å². The molecule has 0 aromatic carbocycles. The standard InChI is InChI=1S/C5H12O3.3C4H8O2/c6-2-1-5(3-7)4-8;3*1-2-3-4(5)6/h5-8H,1-4H2;3*2-3H2,1H3,(H,5,6). The smallest absolute Gasteiger partial charge is 0.303 e. The van der Waals surface area contributed by atoms with Crippen molar-refractivity contribution in [2.24, 2.45) is 5.92 Å². The number of aliphatic hydroxyl groups is 3. The van der Waals surface area contributed by atoms with Crippen LogP contribution in [0.1, 0.15) is 65.7 Å². The quantitative estimate of drug-likeness (QED) is 0.327. The lowest BCUT2D eigenvalue weighted by Crippen LogP contribution is -2.12. The van der Waals surface area contributed by atoms with Crippen molar-refractivity contribution in [3.05, 3.63) is 0 Å². The molecule has 9 nitrogen and oxygen atoms in total. The molecular weight excluding hydrogens is 348 g/mol. The highest BCUT2D eigenvalue weighted by atomic mass is 16.4. The third-order valence-electron chi connectivity index (χ3n) is 2.45. The fourth-order valence-corrected chi connectivity index (χ4v) is 1.06. The summed E-state index contributed by atoms with van der Waals surface area (Å²) in [6.45, 7) is 5.47. The molecule has 0 saturated heterocycles. The first-order chi connectivity index (χ1) is 12.2. The van der Waals surface area contributed by atoms with E-state index in [9.17, 15) is 14.4 Å². The summed E-state index contributed by atoms with van der Waals surface area (Å²) >= 11 is 0. The molecule has 0 aromatic rings. The van der Waals surface area contributed by atoms with E-state index in [4.69, 9.17) is 30.6 Å². The summed E-state index contributed by atoms with van der Waals surface area (Å²) in [5.41, 5.74) is 0. The first kappa shape index (κ1) is 32.0. The van der Waals surface area contributed by atoms with Gasteiger partial charge in [0, 0.05) is 45.0 Å². The molecule has 158 valence electrons. The van der Waals surface area contributed by atoms with Gasteiger partial charge in [-0.1, -0.05) is 20.8 Å². The largest absolute Gasteiger partial charge is 0.481 e. The normalized spacial score (nSPS) is 8.88. The molecule has 0 fully saturated rings. The van der Waals surface area contributed by atoms with Crippen LogP contribution in [0.25, 0.3) is 0 Å². The first-order valence-corrected chi connectivity index (χ1v) is 8.64. The maximum atomic E-state index is 9.60. The van der Waals surface area contributed by atoms with Gasteiger partial charge < -0.3 is 30.6 Å². The Morgan fingerprint density at radius 2 is 0.923 bits per heavy atom. The van der Waals surface area contributed by atoms with E-state index in [0.29, 0.717) is 25.7 Å². The molecule has 0 spiro atoms. The van der Waals surface area contributed by atoms with Crippen molar-refractivity contribution in [1.82, 2.24) is 0 Å². The van der Waals surface area contributed by atoms with Crippen LogP contribution in [-0.2, 0) is 14.4 Å². The summed E-state index contributed by atoms with van der Waals surface area (Å²) in [6, 6.07) is 0. The minimum Gasteiger partial charge on any atom is -0.481 e. The Balaban J connectivity index is -0.000000125. The molecule has 0 rings (SSSR count). The highest BCUT2D eigenvalue weighted by Gasteiger charge is 2.02. The van der Waals surface area contributed by atoms with Gasteiger partial charge in [0.15, 0.2) is 0 Å². The molecule has 0 aliphatic carbocycles. The number of carboxylic acid groups (broad SMARTS) is 3. The van der Waals surface area contributed by atoms with Gasteiger partial charge in [0.05, 0.1) is 0 Å². The van der Waals surface area contributed by atoms with Gasteiger partial charge in [0.25, 0.3) is 0 Å². The maximum Gasteiger partial charge on any atom is 0.303 e. The average molecular weight is 384 g/mol. The summed E-state index contributed by atoms with van der Waals surface area (Å²) in [7, 11) is 0. The molecular formula is C17H36O9. The monoisotopic (exact) mass is 384 g/mol. The van der Waals surface area contributed by atoms with Gasteiger partial charge in [-0.25, -0.2) is 0 Å². The molecule has 0 aromatic heterocycles. The molecule has 0 aliphatic heterocycles. The predicted molar refractivity (Wildman–Crippen MR) is 97.0 cm³/mol. The fraction of sp³-hybridized carbons (Fsp3) is 0.824. The number of carboxylic acids is 3. The van der Waals surface area contributed by atoms with Gasteiger partial charge in [-0.05, 0) is 25.7 Å². The van der Waals surface area contributed by atoms with Gasteiger partial charge in [-0.3, -0.25) is 14.4 Å². The Morgan fingerprint density at radius 1 is 0.654 bits per heavy atom. The van der Waals surface area contributed by atoms with Crippen LogP contribution >= 0.6 is 0 Å². The van der Waals surface area contributed by atoms with Crippen molar-refractivity contribution in [3.63, 3.8) is 0 Å². The molecule has 0 heterocycles. The minimum absolute atomic E-state index is 0.0335. The van der Waals surface area contributed by atoms with Crippen LogP contribution in [0.4, 0.5) is 0 Å². The Hall–Kier alpha value is -1.71. The Labute approximate surface area is 155 Å². The third kappa shape index (κ3) is 49.5. The van der Waals surface area contributed by atoms with E-state index < -0.39 is 17.9 Å². The van der Waals surface area contributed by atoms with Crippen molar-refractivity contribution >= 4 is 17.9 Å². The third-order valence-corrected chi connectivity index (χ3v) is 2.45. The highest BCUT2D eigenvalue weighted by Crippen LogP contribution is 1.97. The Kier molecular flexibility index (Phi) is 34.6. The molecule has 0 aliphatic rings. The van der Waals surface area contributed by atoms with E-state index in [1.54, 1.807) is 0 Å². The van der Waals surface area contributed by atoms with E-state index in [2.05, 4.69) is 0 Å². The lowest BCUT2D eigenvalue weighted by Gasteiger charge is -2.06. The average Bonchev–Trinajstić information content (AvgIpc) is 2.54. The van der Waals surface area contributed by atoms with Crippen LogP contribution in [0, 0.1) is 5.92 Å². The van der Waals surface area contributed by atoms with Crippen molar-refractivity contribution in [2.45, 2.75) is 65.7 Å². The molecule has 0 saturated carbocycles. The van der Waals surface area contributed by atoms with Crippen LogP contribution in [-0.4, -0.2) is 68.4 Å². The lowest BCUT2D eigenvalue weighted by atomic mass is 10.1. The van der Waals surface area contributed by atoms with Crippen molar-refractivity contribution in [3.8, 4) is 0 Å². The number of hydrogen-bond acceptors (Lipinski definition) is 6. The van der Waals surface area contributed by atoms with E-state index in [0.717, 1.165) is 19.3 Å². The molecule has 0 unspecified atom stereocenters. The predicted octanol–water partition coefficient (Wildman–Crippen LogP) is 1.58. The zero-order chi connectivity index (χ0) is 21.4. The van der Waals surface area contributed by atoms with E-state index >= 15 is 0 Å². The lowest BCUT2D eigenvalue weighted by molar-refractivity contribution is -0.138. The molecule has 6 N–H and O–H groups in total. The minimum atomic E-state index is -0.711. The number of aliphatic hydroxyl groups excluding tert-OH is 3. The van der Waals surface area contributed by atoms with Crippen LogP contribution in [0.15, 0.2) is 0 Å². The second-order valence-electron chi connectivity index (χ2n) is 5.17. The fourth-order valence-electron chi connectivity index (χ4n) is 1.06. The van der Waals surface area contributed by atoms with Crippen LogP contribution in [0.2, 0.25) is 0 Å². The second kappa shape index (κ2) is 28.1. The number of aliphatic carboxylic acids is 3. The summed E-state index contributed by atoms with van der Waals surface area (Å²) in [5.74, 6) is -2.27. The van der Waals surface area contributed by atoms with Gasteiger partial charge >= 0.3 is 17.9 Å². The molecule has 0 radical (unpaired) electrons. The summed E-state index contributed by atoms with van der Waals surface area (Å²) in [6.07, 6.45) is 3.55. The number of hydrogen-bond donors (Lipinski definition) is 6. The van der Waals surface area contributed by atoms with Gasteiger partial charge in [0.2, 0.25) is 0 Å². The number of carbonyl (C=O) groups is 3. The van der Waals surface area contributed by atoms with Gasteiger partial charge in [-0.2, -0.15) is 0 Å². The molecule has 9 heteroatoms. The van der Waals surface area contributed by atoms with Gasteiger partial charge in [-0.15, -0.1) is 0 Å². The first-order valence-electron chi connectivity index (χ1n) is 8.64. The Morgan fingerprint density at radius 3 is 0.962 bits per heavy atom. The highest BCUT2D eigenvalue weighted by molar-refractivity contribution is 5.67. The summed E-state index contributed by atoms with van der Waals surface area (Å²) < 4.78 is 0. The molecule has 0 atom stereocenters. The van der Waals surface area contributed by atoms with E-state index in [1.807, 2.05) is 20.8 Å². The van der Waals surface area contributed by atoms with Crippen LogP contribution in [0.3, 0.4) is 0 Å². The summed E-state index contributed by atoms with van der Waals surface area (Å²) in [4.78, 5) is 28.8. The topological polar surface area (TPSA) is 173 Å².